The molecular weight excluding hydrogens is 257 g/mol. The fraction of sp³-hybridized carbons (Fsp3) is 0.500. The molecule has 0 bridgehead atoms. The Kier molecular flexibility index (Phi) is 3.83. The summed E-state index contributed by atoms with van der Waals surface area (Å²) < 4.78 is 38.9. The fourth-order valence-electron chi connectivity index (χ4n) is 2.91. The number of aliphatic carboxylic acids is 1. The number of alkyl halides is 3. The number of benzene rings is 1. The van der Waals surface area contributed by atoms with Gasteiger partial charge in [0.1, 0.15) is 0 Å². The Morgan fingerprint density at radius 3 is 2.32 bits per heavy atom. The van der Waals surface area contributed by atoms with Crippen molar-refractivity contribution in [3.63, 3.8) is 0 Å². The molecule has 1 saturated carbocycles. The summed E-state index contributed by atoms with van der Waals surface area (Å²) in [6.45, 7) is 0. The number of carboxylic acids is 1. The van der Waals surface area contributed by atoms with Gasteiger partial charge in [0.05, 0.1) is 11.5 Å². The molecule has 1 aromatic rings. The monoisotopic (exact) mass is 272 g/mol. The molecule has 5 heteroatoms. The predicted octanol–water partition coefficient (Wildman–Crippen LogP) is 4.06. The van der Waals surface area contributed by atoms with E-state index in [1.165, 1.54) is 18.2 Å². The maximum absolute atomic E-state index is 13.0. The van der Waals surface area contributed by atoms with E-state index in [1.54, 1.807) is 0 Å². The van der Waals surface area contributed by atoms with Crippen LogP contribution in [0.5, 0.6) is 0 Å². The zero-order valence-corrected chi connectivity index (χ0v) is 10.3. The van der Waals surface area contributed by atoms with Crippen LogP contribution in [0.15, 0.2) is 24.3 Å². The van der Waals surface area contributed by atoms with Gasteiger partial charge in [-0.05, 0) is 30.4 Å². The minimum Gasteiger partial charge on any atom is -0.481 e. The van der Waals surface area contributed by atoms with Crippen molar-refractivity contribution in [3.05, 3.63) is 35.4 Å². The first-order valence-electron chi connectivity index (χ1n) is 6.30. The van der Waals surface area contributed by atoms with Crippen LogP contribution >= 0.6 is 0 Å². The van der Waals surface area contributed by atoms with Gasteiger partial charge >= 0.3 is 12.1 Å². The average molecular weight is 272 g/mol. The molecule has 104 valence electrons. The number of halogens is 3. The minimum absolute atomic E-state index is 0.102. The molecule has 0 aliphatic heterocycles. The van der Waals surface area contributed by atoms with E-state index in [-0.39, 0.29) is 11.5 Å². The van der Waals surface area contributed by atoms with Gasteiger partial charge in [-0.2, -0.15) is 13.2 Å². The van der Waals surface area contributed by atoms with Gasteiger partial charge in [0.2, 0.25) is 0 Å². The number of carboxylic acid groups (broad SMARTS) is 1. The molecule has 0 saturated heterocycles. The summed E-state index contributed by atoms with van der Waals surface area (Å²) in [5, 5.41) is 9.31. The Labute approximate surface area is 109 Å². The molecule has 1 aromatic carbocycles. The molecule has 0 radical (unpaired) electrons. The Hall–Kier alpha value is -1.52. The first-order chi connectivity index (χ1) is 8.91. The van der Waals surface area contributed by atoms with E-state index in [4.69, 9.17) is 0 Å². The highest BCUT2D eigenvalue weighted by molar-refractivity contribution is 5.77. The maximum atomic E-state index is 13.0. The molecule has 2 nitrogen and oxygen atoms in total. The second-order valence-corrected chi connectivity index (χ2v) is 4.95. The van der Waals surface area contributed by atoms with Gasteiger partial charge in [-0.3, -0.25) is 4.79 Å². The van der Waals surface area contributed by atoms with Crippen molar-refractivity contribution in [1.29, 1.82) is 0 Å². The lowest BCUT2D eigenvalue weighted by atomic mass is 9.82. The molecule has 0 amide bonds. The third-order valence-electron chi connectivity index (χ3n) is 3.74. The predicted molar refractivity (Wildman–Crippen MR) is 63.8 cm³/mol. The zero-order valence-electron chi connectivity index (χ0n) is 10.3. The number of rotatable bonds is 3. The zero-order chi connectivity index (χ0) is 14.0. The van der Waals surface area contributed by atoms with E-state index in [0.29, 0.717) is 12.8 Å². The molecule has 1 aliphatic carbocycles. The van der Waals surface area contributed by atoms with Gasteiger partial charge in [0.25, 0.3) is 0 Å². The third kappa shape index (κ3) is 2.91. The minimum atomic E-state index is -4.51. The number of hydrogen-bond donors (Lipinski definition) is 1. The molecule has 1 N–H and O–H groups in total. The molecule has 0 aromatic heterocycles. The third-order valence-corrected chi connectivity index (χ3v) is 3.74. The molecule has 1 atom stereocenters. The van der Waals surface area contributed by atoms with Crippen LogP contribution in [-0.2, 0) is 11.0 Å². The van der Waals surface area contributed by atoms with Gasteiger partial charge in [-0.15, -0.1) is 0 Å². The topological polar surface area (TPSA) is 37.3 Å². The van der Waals surface area contributed by atoms with E-state index in [9.17, 15) is 23.1 Å². The highest BCUT2D eigenvalue weighted by Gasteiger charge is 2.40. The second-order valence-electron chi connectivity index (χ2n) is 4.95. The summed E-state index contributed by atoms with van der Waals surface area (Å²) in [6, 6.07) is 5.01. The van der Waals surface area contributed by atoms with Gasteiger partial charge in [0.15, 0.2) is 0 Å². The first-order valence-corrected chi connectivity index (χ1v) is 6.30. The van der Waals surface area contributed by atoms with E-state index in [2.05, 4.69) is 0 Å². The lowest BCUT2D eigenvalue weighted by molar-refractivity contribution is -0.142. The largest absolute Gasteiger partial charge is 0.481 e. The SMILES string of the molecule is O=C(O)C(c1ccccc1C(F)(F)F)C1CCCC1. The summed E-state index contributed by atoms with van der Waals surface area (Å²) in [4.78, 5) is 11.4. The van der Waals surface area contributed by atoms with E-state index < -0.39 is 23.6 Å². The van der Waals surface area contributed by atoms with Crippen molar-refractivity contribution in [3.8, 4) is 0 Å². The standard InChI is InChI=1S/C14H15F3O2/c15-14(16,17)11-8-4-3-7-10(11)12(13(18)19)9-5-1-2-6-9/h3-4,7-9,12H,1-2,5-6H2,(H,18,19). The van der Waals surface area contributed by atoms with E-state index in [0.717, 1.165) is 18.9 Å². The Balaban J connectivity index is 2.45. The van der Waals surface area contributed by atoms with Crippen LogP contribution in [0.25, 0.3) is 0 Å². The lowest BCUT2D eigenvalue weighted by Gasteiger charge is -2.23. The number of carbonyl (C=O) groups is 1. The summed E-state index contributed by atoms with van der Waals surface area (Å²) in [7, 11) is 0. The highest BCUT2D eigenvalue weighted by atomic mass is 19.4. The van der Waals surface area contributed by atoms with Crippen molar-refractivity contribution in [2.75, 3.05) is 0 Å². The normalized spacial score (nSPS) is 18.5. The van der Waals surface area contributed by atoms with Crippen LogP contribution in [0.1, 0.15) is 42.7 Å². The molecule has 0 heterocycles. The first kappa shape index (κ1) is 13.9. The van der Waals surface area contributed by atoms with Crippen molar-refractivity contribution < 1.29 is 23.1 Å². The molecular formula is C14H15F3O2. The molecule has 19 heavy (non-hydrogen) atoms. The number of hydrogen-bond acceptors (Lipinski definition) is 1. The van der Waals surface area contributed by atoms with Crippen LogP contribution in [0.4, 0.5) is 13.2 Å². The summed E-state index contributed by atoms with van der Waals surface area (Å²) >= 11 is 0. The van der Waals surface area contributed by atoms with Crippen molar-refractivity contribution >= 4 is 5.97 Å². The molecule has 1 fully saturated rings. The molecule has 1 unspecified atom stereocenters. The molecule has 0 spiro atoms. The Bertz CT molecular complexity index is 462. The average Bonchev–Trinajstić information content (AvgIpc) is 2.81. The van der Waals surface area contributed by atoms with Gasteiger partial charge < -0.3 is 5.11 Å². The van der Waals surface area contributed by atoms with Crippen molar-refractivity contribution in [2.24, 2.45) is 5.92 Å². The van der Waals surface area contributed by atoms with Gasteiger partial charge in [-0.25, -0.2) is 0 Å². The smallest absolute Gasteiger partial charge is 0.416 e. The summed E-state index contributed by atoms with van der Waals surface area (Å²) in [5.74, 6) is -2.41. The molecule has 1 aliphatic rings. The highest BCUT2D eigenvalue weighted by Crippen LogP contribution is 2.42. The maximum Gasteiger partial charge on any atom is 0.416 e. The quantitative estimate of drug-likeness (QED) is 0.900. The summed E-state index contributed by atoms with van der Waals surface area (Å²) in [6.07, 6.45) is -1.36. The second kappa shape index (κ2) is 5.23. The van der Waals surface area contributed by atoms with Crippen LogP contribution in [0.2, 0.25) is 0 Å². The van der Waals surface area contributed by atoms with Crippen LogP contribution < -0.4 is 0 Å². The van der Waals surface area contributed by atoms with Crippen molar-refractivity contribution in [2.45, 2.75) is 37.8 Å². The van der Waals surface area contributed by atoms with E-state index in [1.807, 2.05) is 0 Å². The Morgan fingerprint density at radius 2 is 1.79 bits per heavy atom. The van der Waals surface area contributed by atoms with Crippen LogP contribution in [-0.4, -0.2) is 11.1 Å². The molecule has 2 rings (SSSR count). The van der Waals surface area contributed by atoms with E-state index >= 15 is 0 Å². The van der Waals surface area contributed by atoms with Gasteiger partial charge in [-0.1, -0.05) is 31.0 Å². The van der Waals surface area contributed by atoms with Crippen LogP contribution in [0.3, 0.4) is 0 Å². The van der Waals surface area contributed by atoms with Gasteiger partial charge in [0, 0.05) is 0 Å². The fourth-order valence-corrected chi connectivity index (χ4v) is 2.91. The Morgan fingerprint density at radius 1 is 1.21 bits per heavy atom. The summed E-state index contributed by atoms with van der Waals surface area (Å²) in [5.41, 5.74) is -0.927. The lowest BCUT2D eigenvalue weighted by Crippen LogP contribution is -2.23. The van der Waals surface area contributed by atoms with Crippen molar-refractivity contribution in [1.82, 2.24) is 0 Å². The van der Waals surface area contributed by atoms with Crippen LogP contribution in [0, 0.1) is 5.92 Å².